The van der Waals surface area contributed by atoms with Gasteiger partial charge in [0, 0.05) is 12.4 Å². The molecule has 0 aliphatic heterocycles. The predicted octanol–water partition coefficient (Wildman–Crippen LogP) is 1.68. The van der Waals surface area contributed by atoms with Gasteiger partial charge in [-0.15, -0.1) is 12.4 Å². The number of hydrogen-bond donors (Lipinski definition) is 2. The van der Waals surface area contributed by atoms with Crippen molar-refractivity contribution in [2.75, 3.05) is 5.32 Å². The van der Waals surface area contributed by atoms with Gasteiger partial charge in [-0.1, -0.05) is 19.3 Å². The molecule has 1 saturated carbocycles. The van der Waals surface area contributed by atoms with Crippen LogP contribution in [-0.2, 0) is 4.79 Å². The minimum atomic E-state index is -0.760. The summed E-state index contributed by atoms with van der Waals surface area (Å²) in [5.74, 6) is 0.314. The van der Waals surface area contributed by atoms with Crippen molar-refractivity contribution in [2.45, 2.75) is 37.6 Å². The normalized spacial score (nSPS) is 16.6. The molecule has 0 atom stereocenters. The summed E-state index contributed by atoms with van der Waals surface area (Å²) in [7, 11) is 0. The lowest BCUT2D eigenvalue weighted by atomic mass is 9.82. The van der Waals surface area contributed by atoms with Gasteiger partial charge in [0.15, 0.2) is 0 Å². The molecule has 0 radical (unpaired) electrons. The van der Waals surface area contributed by atoms with Gasteiger partial charge in [-0.3, -0.25) is 4.79 Å². The van der Waals surface area contributed by atoms with Gasteiger partial charge < -0.3 is 11.1 Å². The minimum absolute atomic E-state index is 0. The molecule has 22 heavy (non-hydrogen) atoms. The second-order valence-corrected chi connectivity index (χ2v) is 5.39. The van der Waals surface area contributed by atoms with Crippen LogP contribution in [0.3, 0.4) is 0 Å². The van der Waals surface area contributed by atoms with E-state index in [2.05, 4.69) is 20.4 Å². The monoisotopic (exact) mass is 322 g/mol. The number of hydrogen-bond acceptors (Lipinski definition) is 5. The summed E-state index contributed by atoms with van der Waals surface area (Å²) < 4.78 is 1.51. The van der Waals surface area contributed by atoms with Gasteiger partial charge in [-0.25, -0.2) is 14.6 Å². The maximum Gasteiger partial charge on any atom is 0.250 e. The van der Waals surface area contributed by atoms with Crippen molar-refractivity contribution < 1.29 is 4.79 Å². The third kappa shape index (κ3) is 3.42. The van der Waals surface area contributed by atoms with E-state index in [1.54, 1.807) is 30.9 Å². The molecule has 7 nitrogen and oxygen atoms in total. The van der Waals surface area contributed by atoms with Gasteiger partial charge in [-0.2, -0.15) is 5.10 Å². The summed E-state index contributed by atoms with van der Waals surface area (Å²) in [5.41, 5.74) is 6.04. The number of nitrogens with zero attached hydrogens (tertiary/aromatic N) is 4. The molecule has 2 aromatic heterocycles. The quantitative estimate of drug-likeness (QED) is 0.895. The molecular formula is C14H19ClN6O. The molecule has 8 heteroatoms. The Kier molecular flexibility index (Phi) is 5.10. The van der Waals surface area contributed by atoms with Gasteiger partial charge in [0.05, 0.1) is 23.6 Å². The number of carbonyl (C=O) groups is 1. The highest BCUT2D eigenvalue weighted by Crippen LogP contribution is 2.27. The van der Waals surface area contributed by atoms with Crippen LogP contribution >= 0.6 is 12.4 Å². The van der Waals surface area contributed by atoms with E-state index in [0.717, 1.165) is 32.1 Å². The zero-order valence-electron chi connectivity index (χ0n) is 12.1. The molecule has 1 fully saturated rings. The zero-order valence-corrected chi connectivity index (χ0v) is 12.9. The number of anilines is 1. The number of aromatic nitrogens is 4. The Hall–Kier alpha value is -1.99. The Labute approximate surface area is 134 Å². The van der Waals surface area contributed by atoms with Crippen LogP contribution < -0.4 is 11.1 Å². The molecule has 3 rings (SSSR count). The molecule has 118 valence electrons. The maximum atomic E-state index is 12.3. The Bertz CT molecular complexity index is 623. The zero-order chi connectivity index (χ0) is 14.7. The summed E-state index contributed by atoms with van der Waals surface area (Å²) >= 11 is 0. The van der Waals surface area contributed by atoms with Crippen LogP contribution in [0.1, 0.15) is 32.1 Å². The molecule has 2 aromatic rings. The molecule has 0 spiro atoms. The van der Waals surface area contributed by atoms with E-state index in [0.29, 0.717) is 11.6 Å². The lowest BCUT2D eigenvalue weighted by Gasteiger charge is -2.31. The topological polar surface area (TPSA) is 98.7 Å². The van der Waals surface area contributed by atoms with Crippen molar-refractivity contribution in [1.82, 2.24) is 19.7 Å². The Morgan fingerprint density at radius 1 is 1.23 bits per heavy atom. The molecule has 0 saturated heterocycles. The Morgan fingerprint density at radius 3 is 2.59 bits per heavy atom. The van der Waals surface area contributed by atoms with Crippen molar-refractivity contribution in [3.63, 3.8) is 0 Å². The van der Waals surface area contributed by atoms with E-state index >= 15 is 0 Å². The fourth-order valence-electron chi connectivity index (χ4n) is 2.57. The van der Waals surface area contributed by atoms with Gasteiger partial charge in [0.1, 0.15) is 0 Å². The summed E-state index contributed by atoms with van der Waals surface area (Å²) in [5, 5.41) is 6.98. The summed E-state index contributed by atoms with van der Waals surface area (Å²) in [6, 6.07) is 1.73. The van der Waals surface area contributed by atoms with Crippen molar-refractivity contribution in [1.29, 1.82) is 0 Å². The predicted molar refractivity (Wildman–Crippen MR) is 85.0 cm³/mol. The molecular weight excluding hydrogens is 304 g/mol. The third-order valence-corrected chi connectivity index (χ3v) is 3.80. The summed E-state index contributed by atoms with van der Waals surface area (Å²) in [6.07, 6.45) is 11.1. The first-order valence-electron chi connectivity index (χ1n) is 7.10. The smallest absolute Gasteiger partial charge is 0.250 e. The van der Waals surface area contributed by atoms with Crippen molar-refractivity contribution >= 4 is 24.0 Å². The number of carbonyl (C=O) groups excluding carboxylic acids is 1. The van der Waals surface area contributed by atoms with E-state index in [4.69, 9.17) is 5.73 Å². The van der Waals surface area contributed by atoms with Crippen LogP contribution in [-0.4, -0.2) is 31.2 Å². The second-order valence-electron chi connectivity index (χ2n) is 5.39. The number of nitrogens with one attached hydrogen (secondary N) is 1. The Morgan fingerprint density at radius 2 is 1.91 bits per heavy atom. The van der Waals surface area contributed by atoms with Gasteiger partial charge in [0.25, 0.3) is 0 Å². The van der Waals surface area contributed by atoms with Crippen LogP contribution in [0.25, 0.3) is 5.95 Å². The van der Waals surface area contributed by atoms with E-state index in [-0.39, 0.29) is 18.3 Å². The number of nitrogens with two attached hydrogens (primary N) is 1. The standard InChI is InChI=1S/C14H18N6O.ClH/c15-14(5-2-1-3-6-14)12(21)19-11-9-18-20(10-11)13-16-7-4-8-17-13;/h4,7-10H,1-3,5-6,15H2,(H,19,21);1H. The fraction of sp³-hybridized carbons (Fsp3) is 0.429. The van der Waals surface area contributed by atoms with Crippen LogP contribution in [0.2, 0.25) is 0 Å². The molecule has 0 aromatic carbocycles. The average Bonchev–Trinajstić information content (AvgIpc) is 2.97. The molecule has 0 unspecified atom stereocenters. The maximum absolute atomic E-state index is 12.3. The van der Waals surface area contributed by atoms with Gasteiger partial charge >= 0.3 is 0 Å². The van der Waals surface area contributed by atoms with Crippen LogP contribution in [0.15, 0.2) is 30.9 Å². The van der Waals surface area contributed by atoms with Crippen molar-refractivity contribution in [2.24, 2.45) is 5.73 Å². The lowest BCUT2D eigenvalue weighted by Crippen LogP contribution is -2.52. The molecule has 2 heterocycles. The van der Waals surface area contributed by atoms with Crippen molar-refractivity contribution in [3.05, 3.63) is 30.9 Å². The number of amides is 1. The SMILES string of the molecule is Cl.NC1(C(=O)Nc2cnn(-c3ncccn3)c2)CCCCC1. The van der Waals surface area contributed by atoms with Gasteiger partial charge in [-0.05, 0) is 18.9 Å². The summed E-state index contributed by atoms with van der Waals surface area (Å²) in [6.45, 7) is 0. The highest BCUT2D eigenvalue weighted by atomic mass is 35.5. The highest BCUT2D eigenvalue weighted by Gasteiger charge is 2.35. The first-order chi connectivity index (χ1) is 10.2. The van der Waals surface area contributed by atoms with Crippen molar-refractivity contribution in [3.8, 4) is 5.95 Å². The van der Waals surface area contributed by atoms with E-state index in [1.165, 1.54) is 4.68 Å². The molecule has 3 N–H and O–H groups in total. The van der Waals surface area contributed by atoms with Gasteiger partial charge in [0.2, 0.25) is 11.9 Å². The van der Waals surface area contributed by atoms with Crippen LogP contribution in [0.5, 0.6) is 0 Å². The lowest BCUT2D eigenvalue weighted by molar-refractivity contribution is -0.122. The van der Waals surface area contributed by atoms with E-state index in [9.17, 15) is 4.79 Å². The first kappa shape index (κ1) is 16.4. The average molecular weight is 323 g/mol. The molecule has 1 aliphatic rings. The largest absolute Gasteiger partial charge is 0.322 e. The molecule has 1 aliphatic carbocycles. The number of rotatable bonds is 3. The third-order valence-electron chi connectivity index (χ3n) is 3.80. The number of halogens is 1. The minimum Gasteiger partial charge on any atom is -0.322 e. The van der Waals surface area contributed by atoms with E-state index in [1.807, 2.05) is 0 Å². The first-order valence-corrected chi connectivity index (χ1v) is 7.10. The van der Waals surface area contributed by atoms with E-state index < -0.39 is 5.54 Å². The fourth-order valence-corrected chi connectivity index (χ4v) is 2.57. The second kappa shape index (κ2) is 6.85. The molecule has 0 bridgehead atoms. The van der Waals surface area contributed by atoms with Crippen LogP contribution in [0, 0.1) is 0 Å². The molecule has 1 amide bonds. The van der Waals surface area contributed by atoms with Crippen LogP contribution in [0.4, 0.5) is 5.69 Å². The highest BCUT2D eigenvalue weighted by molar-refractivity contribution is 5.97. The Balaban J connectivity index is 0.00000176. The summed E-state index contributed by atoms with van der Waals surface area (Å²) in [4.78, 5) is 20.5.